The zero-order chi connectivity index (χ0) is 11.6. The molecule has 0 aliphatic heterocycles. The Morgan fingerprint density at radius 2 is 2.07 bits per heavy atom. The SMILES string of the molecule is NCc1cc(S(N)(=O)=O)ncc1C(F)F. The average molecular weight is 237 g/mol. The third-order valence-electron chi connectivity index (χ3n) is 1.75. The van der Waals surface area contributed by atoms with E-state index in [1.807, 2.05) is 0 Å². The fourth-order valence-electron chi connectivity index (χ4n) is 1.01. The van der Waals surface area contributed by atoms with E-state index in [4.69, 9.17) is 10.9 Å². The van der Waals surface area contributed by atoms with Crippen molar-refractivity contribution in [1.29, 1.82) is 0 Å². The minimum absolute atomic E-state index is 0.0176. The number of hydrogen-bond donors (Lipinski definition) is 2. The summed E-state index contributed by atoms with van der Waals surface area (Å²) >= 11 is 0. The molecule has 5 nitrogen and oxygen atoms in total. The average Bonchev–Trinajstić information content (AvgIpc) is 2.15. The van der Waals surface area contributed by atoms with Crippen molar-refractivity contribution in [1.82, 2.24) is 4.98 Å². The van der Waals surface area contributed by atoms with E-state index < -0.39 is 21.5 Å². The van der Waals surface area contributed by atoms with E-state index in [2.05, 4.69) is 4.98 Å². The van der Waals surface area contributed by atoms with Gasteiger partial charge in [0.25, 0.3) is 16.4 Å². The van der Waals surface area contributed by atoms with Crippen LogP contribution in [0.25, 0.3) is 0 Å². The van der Waals surface area contributed by atoms with Crippen LogP contribution in [-0.2, 0) is 16.6 Å². The van der Waals surface area contributed by atoms with Crippen LogP contribution >= 0.6 is 0 Å². The Bertz CT molecular complexity index is 461. The van der Waals surface area contributed by atoms with Gasteiger partial charge in [0.1, 0.15) is 0 Å². The molecule has 1 rings (SSSR count). The third kappa shape index (κ3) is 2.67. The molecule has 0 spiro atoms. The first kappa shape index (κ1) is 12.0. The van der Waals surface area contributed by atoms with Gasteiger partial charge in [0, 0.05) is 18.3 Å². The predicted octanol–water partition coefficient (Wildman–Crippen LogP) is 0.125. The molecule has 0 unspecified atom stereocenters. The Balaban J connectivity index is 3.32. The number of nitrogens with two attached hydrogens (primary N) is 2. The van der Waals surface area contributed by atoms with E-state index in [1.165, 1.54) is 0 Å². The molecule has 84 valence electrons. The van der Waals surface area contributed by atoms with E-state index in [0.717, 1.165) is 12.3 Å². The van der Waals surface area contributed by atoms with Gasteiger partial charge in [0.05, 0.1) is 0 Å². The topological polar surface area (TPSA) is 99.1 Å². The maximum atomic E-state index is 12.4. The van der Waals surface area contributed by atoms with Crippen molar-refractivity contribution < 1.29 is 17.2 Å². The van der Waals surface area contributed by atoms with Gasteiger partial charge < -0.3 is 5.73 Å². The van der Waals surface area contributed by atoms with Crippen LogP contribution in [0.1, 0.15) is 17.6 Å². The summed E-state index contributed by atoms with van der Waals surface area (Å²) in [4.78, 5) is 3.33. The minimum atomic E-state index is -3.99. The van der Waals surface area contributed by atoms with Crippen LogP contribution in [-0.4, -0.2) is 13.4 Å². The number of hydrogen-bond acceptors (Lipinski definition) is 4. The Morgan fingerprint density at radius 3 is 2.47 bits per heavy atom. The van der Waals surface area contributed by atoms with E-state index >= 15 is 0 Å². The highest BCUT2D eigenvalue weighted by Gasteiger charge is 2.17. The number of rotatable bonds is 3. The second kappa shape index (κ2) is 4.17. The molecule has 1 aromatic heterocycles. The number of pyridine rings is 1. The molecule has 0 aliphatic rings. The molecular formula is C7H9F2N3O2S. The van der Waals surface area contributed by atoms with Crippen LogP contribution in [0.5, 0.6) is 0 Å². The van der Waals surface area contributed by atoms with Crippen molar-refractivity contribution in [3.8, 4) is 0 Å². The van der Waals surface area contributed by atoms with Gasteiger partial charge in [-0.1, -0.05) is 0 Å². The highest BCUT2D eigenvalue weighted by Crippen LogP contribution is 2.23. The molecule has 4 N–H and O–H groups in total. The third-order valence-corrected chi connectivity index (χ3v) is 2.55. The summed E-state index contributed by atoms with van der Waals surface area (Å²) in [6.07, 6.45) is -1.97. The zero-order valence-corrected chi connectivity index (χ0v) is 8.34. The summed E-state index contributed by atoms with van der Waals surface area (Å²) in [5, 5.41) is 4.32. The Labute approximate surface area is 85.2 Å². The lowest BCUT2D eigenvalue weighted by Gasteiger charge is -2.07. The molecule has 0 saturated carbocycles. The summed E-state index contributed by atoms with van der Waals surface area (Å²) in [6, 6.07) is 0.955. The largest absolute Gasteiger partial charge is 0.326 e. The van der Waals surface area contributed by atoms with E-state index in [9.17, 15) is 17.2 Å². The van der Waals surface area contributed by atoms with Crippen LogP contribution in [0.2, 0.25) is 0 Å². The van der Waals surface area contributed by atoms with E-state index in [0.29, 0.717) is 0 Å². The second-order valence-electron chi connectivity index (χ2n) is 2.77. The molecule has 0 amide bonds. The molecule has 0 atom stereocenters. The van der Waals surface area contributed by atoms with Crippen molar-refractivity contribution in [2.75, 3.05) is 0 Å². The summed E-state index contributed by atoms with van der Waals surface area (Å²) in [6.45, 7) is -0.204. The first-order chi connectivity index (χ1) is 6.86. The molecule has 8 heteroatoms. The number of aromatic nitrogens is 1. The number of primary sulfonamides is 1. The Morgan fingerprint density at radius 1 is 1.47 bits per heavy atom. The zero-order valence-electron chi connectivity index (χ0n) is 7.52. The maximum Gasteiger partial charge on any atom is 0.265 e. The first-order valence-corrected chi connectivity index (χ1v) is 5.40. The fourth-order valence-corrected chi connectivity index (χ4v) is 1.52. The van der Waals surface area contributed by atoms with Crippen molar-refractivity contribution in [3.05, 3.63) is 23.4 Å². The van der Waals surface area contributed by atoms with Gasteiger partial charge in [-0.05, 0) is 11.6 Å². The van der Waals surface area contributed by atoms with Gasteiger partial charge in [-0.3, -0.25) is 0 Å². The molecule has 0 radical (unpaired) electrons. The van der Waals surface area contributed by atoms with Gasteiger partial charge in [-0.2, -0.15) is 0 Å². The normalized spacial score (nSPS) is 12.1. The summed E-state index contributed by atoms with van der Waals surface area (Å²) in [5.74, 6) is 0. The molecule has 0 aliphatic carbocycles. The van der Waals surface area contributed by atoms with Gasteiger partial charge in [0.2, 0.25) is 0 Å². The van der Waals surface area contributed by atoms with Crippen LogP contribution in [0.3, 0.4) is 0 Å². The molecule has 0 saturated heterocycles. The lowest BCUT2D eigenvalue weighted by molar-refractivity contribution is 0.149. The predicted molar refractivity (Wildman–Crippen MR) is 48.5 cm³/mol. The van der Waals surface area contributed by atoms with Crippen molar-refractivity contribution in [2.24, 2.45) is 10.9 Å². The molecule has 15 heavy (non-hydrogen) atoms. The lowest BCUT2D eigenvalue weighted by Crippen LogP contribution is -2.15. The molecule has 1 heterocycles. The number of nitrogens with zero attached hydrogens (tertiary/aromatic N) is 1. The highest BCUT2D eigenvalue weighted by atomic mass is 32.2. The monoisotopic (exact) mass is 237 g/mol. The number of halogens is 2. The molecule has 1 aromatic rings. The summed E-state index contributed by atoms with van der Waals surface area (Å²) in [7, 11) is -3.99. The lowest BCUT2D eigenvalue weighted by atomic mass is 10.1. The van der Waals surface area contributed by atoms with Crippen molar-refractivity contribution in [2.45, 2.75) is 18.0 Å². The van der Waals surface area contributed by atoms with E-state index in [-0.39, 0.29) is 17.7 Å². The van der Waals surface area contributed by atoms with Crippen molar-refractivity contribution in [3.63, 3.8) is 0 Å². The highest BCUT2D eigenvalue weighted by molar-refractivity contribution is 7.89. The van der Waals surface area contributed by atoms with Crippen molar-refractivity contribution >= 4 is 10.0 Å². The Kier molecular flexibility index (Phi) is 3.32. The molecule has 0 fully saturated rings. The van der Waals surface area contributed by atoms with Crippen LogP contribution in [0.15, 0.2) is 17.3 Å². The van der Waals surface area contributed by atoms with Gasteiger partial charge >= 0.3 is 0 Å². The number of alkyl halides is 2. The molecule has 0 aromatic carbocycles. The molecule has 0 bridgehead atoms. The maximum absolute atomic E-state index is 12.4. The summed E-state index contributed by atoms with van der Waals surface area (Å²) < 4.78 is 46.5. The second-order valence-corrected chi connectivity index (χ2v) is 4.28. The van der Waals surface area contributed by atoms with Crippen LogP contribution in [0, 0.1) is 0 Å². The van der Waals surface area contributed by atoms with Gasteiger partial charge in [-0.25, -0.2) is 27.3 Å². The Hall–Kier alpha value is -1.12. The smallest absolute Gasteiger partial charge is 0.265 e. The number of sulfonamides is 1. The molecular weight excluding hydrogens is 228 g/mol. The standard InChI is InChI=1S/C7H9F2N3O2S/c8-7(9)5-3-12-6(15(11,13)14)1-4(5)2-10/h1,3,7H,2,10H2,(H2,11,13,14). The van der Waals surface area contributed by atoms with Crippen LogP contribution in [0.4, 0.5) is 8.78 Å². The van der Waals surface area contributed by atoms with Gasteiger partial charge in [0.15, 0.2) is 5.03 Å². The van der Waals surface area contributed by atoms with E-state index in [1.54, 1.807) is 0 Å². The fraction of sp³-hybridized carbons (Fsp3) is 0.286. The van der Waals surface area contributed by atoms with Crippen LogP contribution < -0.4 is 10.9 Å². The first-order valence-electron chi connectivity index (χ1n) is 3.86. The van der Waals surface area contributed by atoms with Gasteiger partial charge in [-0.15, -0.1) is 0 Å². The summed E-state index contributed by atoms with van der Waals surface area (Å²) in [5.41, 5.74) is 4.84. The quantitative estimate of drug-likeness (QED) is 0.780. The minimum Gasteiger partial charge on any atom is -0.326 e.